The average molecular weight is 389 g/mol. The minimum absolute atomic E-state index is 0.0443. The van der Waals surface area contributed by atoms with Gasteiger partial charge in [-0.15, -0.1) is 0 Å². The second kappa shape index (κ2) is 17.9. The molecule has 158 valence electrons. The average Bonchev–Trinajstić information content (AvgIpc) is 2.62. The lowest BCUT2D eigenvalue weighted by Gasteiger charge is -2.15. The van der Waals surface area contributed by atoms with Crippen LogP contribution in [0.4, 0.5) is 0 Å². The Morgan fingerprint density at radius 1 is 0.815 bits per heavy atom. The fourth-order valence-electron chi connectivity index (χ4n) is 2.35. The van der Waals surface area contributed by atoms with Gasteiger partial charge in [-0.2, -0.15) is 0 Å². The molecule has 0 aromatic rings. The fourth-order valence-corrected chi connectivity index (χ4v) is 2.35. The zero-order chi connectivity index (χ0) is 20.3. The van der Waals surface area contributed by atoms with Gasteiger partial charge in [-0.05, 0) is 26.2 Å². The number of rotatable bonds is 18. The maximum Gasteiger partial charge on any atom is 0.220 e. The zero-order valence-corrected chi connectivity index (χ0v) is 17.0. The summed E-state index contributed by atoms with van der Waals surface area (Å²) >= 11 is 0. The number of carbonyl (C=O) groups excluding carboxylic acids is 3. The number of methoxy groups -OCH3 is 2. The molecule has 8 nitrogen and oxygen atoms in total. The number of hydrogen-bond acceptors (Lipinski definition) is 6. The van der Waals surface area contributed by atoms with Crippen LogP contribution < -0.4 is 10.6 Å². The van der Waals surface area contributed by atoms with E-state index in [0.29, 0.717) is 64.7 Å². The number of Topliss-reactive ketones (excluding diaryl/α,β-unsaturated/α-hetero) is 1. The molecule has 0 bridgehead atoms. The summed E-state index contributed by atoms with van der Waals surface area (Å²) in [6.07, 6.45) is 3.06. The Morgan fingerprint density at radius 2 is 1.48 bits per heavy atom. The molecule has 2 amide bonds. The van der Waals surface area contributed by atoms with Gasteiger partial charge in [0.1, 0.15) is 5.78 Å². The third kappa shape index (κ3) is 17.7. The molecule has 1 atom stereocenters. The topological polar surface area (TPSA) is 103 Å². The summed E-state index contributed by atoms with van der Waals surface area (Å²) in [5.74, 6) is 0.161. The van der Waals surface area contributed by atoms with Crippen LogP contribution in [0.15, 0.2) is 0 Å². The highest BCUT2D eigenvalue weighted by Crippen LogP contribution is 2.05. The van der Waals surface area contributed by atoms with Crippen molar-refractivity contribution in [1.29, 1.82) is 0 Å². The largest absolute Gasteiger partial charge is 0.385 e. The molecule has 0 fully saturated rings. The molecule has 27 heavy (non-hydrogen) atoms. The van der Waals surface area contributed by atoms with Gasteiger partial charge in [-0.25, -0.2) is 0 Å². The summed E-state index contributed by atoms with van der Waals surface area (Å²) in [5.41, 5.74) is 0. The van der Waals surface area contributed by atoms with Crippen molar-refractivity contribution < 1.29 is 28.6 Å². The van der Waals surface area contributed by atoms with Crippen molar-refractivity contribution in [1.82, 2.24) is 10.6 Å². The molecule has 2 N–H and O–H groups in total. The molecule has 1 unspecified atom stereocenters. The predicted molar refractivity (Wildman–Crippen MR) is 102 cm³/mol. The van der Waals surface area contributed by atoms with Gasteiger partial charge in [0.25, 0.3) is 0 Å². The molecule has 8 heteroatoms. The van der Waals surface area contributed by atoms with Crippen molar-refractivity contribution in [2.24, 2.45) is 5.92 Å². The molecule has 0 aliphatic rings. The van der Waals surface area contributed by atoms with Crippen LogP contribution in [0.25, 0.3) is 0 Å². The van der Waals surface area contributed by atoms with Gasteiger partial charge in [0.05, 0.1) is 13.2 Å². The highest BCUT2D eigenvalue weighted by Gasteiger charge is 2.09. The van der Waals surface area contributed by atoms with Crippen LogP contribution in [-0.4, -0.2) is 71.3 Å². The van der Waals surface area contributed by atoms with Crippen LogP contribution in [0.3, 0.4) is 0 Å². The smallest absolute Gasteiger partial charge is 0.220 e. The number of carbonyl (C=O) groups is 3. The molecule has 0 aliphatic carbocycles. The molecular formula is C19H36N2O6. The van der Waals surface area contributed by atoms with Crippen LogP contribution in [0.2, 0.25) is 0 Å². The summed E-state index contributed by atoms with van der Waals surface area (Å²) in [6.45, 7) is 4.91. The summed E-state index contributed by atoms with van der Waals surface area (Å²) < 4.78 is 15.9. The summed E-state index contributed by atoms with van der Waals surface area (Å²) in [5, 5.41) is 5.48. The molecule has 0 heterocycles. The summed E-state index contributed by atoms with van der Waals surface area (Å²) in [6, 6.07) is 0. The molecule has 0 rings (SSSR count). The van der Waals surface area contributed by atoms with Gasteiger partial charge >= 0.3 is 0 Å². The normalized spacial score (nSPS) is 11.8. The number of nitrogens with one attached hydrogen (secondary N) is 2. The van der Waals surface area contributed by atoms with Gasteiger partial charge in [0.15, 0.2) is 0 Å². The maximum absolute atomic E-state index is 11.7. The van der Waals surface area contributed by atoms with Crippen LogP contribution in [-0.2, 0) is 28.6 Å². The summed E-state index contributed by atoms with van der Waals surface area (Å²) in [7, 11) is 3.35. The lowest BCUT2D eigenvalue weighted by molar-refractivity contribution is -0.122. The van der Waals surface area contributed by atoms with Gasteiger partial charge in [-0.3, -0.25) is 14.4 Å². The molecule has 0 aromatic carbocycles. The van der Waals surface area contributed by atoms with E-state index in [1.165, 1.54) is 6.92 Å². The highest BCUT2D eigenvalue weighted by atomic mass is 16.5. The molecule has 0 saturated heterocycles. The standard InChI is InChI=1S/C19H36N2O6/c1-16(22)8-11-21-19(24)7-4-6-18(23)20-10-5-12-27-15-17(14-26-3)9-13-25-2/h17H,4-15H2,1-3H3,(H,20,23)(H,21,24). The molecule has 0 radical (unpaired) electrons. The van der Waals surface area contributed by atoms with Crippen molar-refractivity contribution in [3.05, 3.63) is 0 Å². The van der Waals surface area contributed by atoms with E-state index in [-0.39, 0.29) is 24.0 Å². The van der Waals surface area contributed by atoms with E-state index in [4.69, 9.17) is 14.2 Å². The Bertz CT molecular complexity index is 417. The van der Waals surface area contributed by atoms with Crippen molar-refractivity contribution in [2.45, 2.75) is 45.4 Å². The minimum atomic E-state index is -0.128. The summed E-state index contributed by atoms with van der Waals surface area (Å²) in [4.78, 5) is 34.0. The molecule has 0 aromatic heterocycles. The van der Waals surface area contributed by atoms with Gasteiger partial charge < -0.3 is 24.8 Å². The van der Waals surface area contributed by atoms with E-state index < -0.39 is 0 Å². The Hall–Kier alpha value is -1.51. The first kappa shape index (κ1) is 25.5. The van der Waals surface area contributed by atoms with E-state index in [1.54, 1.807) is 14.2 Å². The SMILES string of the molecule is COCCC(COC)COCCCNC(=O)CCCC(=O)NCCC(C)=O. The maximum atomic E-state index is 11.7. The Kier molecular flexibility index (Phi) is 16.9. The van der Waals surface area contributed by atoms with Crippen LogP contribution >= 0.6 is 0 Å². The molecule has 0 aliphatic heterocycles. The lowest BCUT2D eigenvalue weighted by atomic mass is 10.1. The fraction of sp³-hybridized carbons (Fsp3) is 0.842. The van der Waals surface area contributed by atoms with E-state index >= 15 is 0 Å². The van der Waals surface area contributed by atoms with Crippen molar-refractivity contribution in [3.8, 4) is 0 Å². The van der Waals surface area contributed by atoms with Gasteiger partial charge in [-0.1, -0.05) is 0 Å². The Morgan fingerprint density at radius 3 is 2.07 bits per heavy atom. The van der Waals surface area contributed by atoms with Gasteiger partial charge in [0, 0.05) is 65.7 Å². The van der Waals surface area contributed by atoms with E-state index in [0.717, 1.165) is 12.8 Å². The molecular weight excluding hydrogens is 352 g/mol. The lowest BCUT2D eigenvalue weighted by Crippen LogP contribution is -2.27. The number of hydrogen-bond donors (Lipinski definition) is 2. The van der Waals surface area contributed by atoms with Crippen molar-refractivity contribution in [2.75, 3.05) is 53.7 Å². The number of ketones is 1. The number of amides is 2. The van der Waals surface area contributed by atoms with Crippen molar-refractivity contribution in [3.63, 3.8) is 0 Å². The van der Waals surface area contributed by atoms with E-state index in [9.17, 15) is 14.4 Å². The predicted octanol–water partition coefficient (Wildman–Crippen LogP) is 1.07. The second-order valence-corrected chi connectivity index (χ2v) is 6.54. The monoisotopic (exact) mass is 388 g/mol. The Labute approximate surface area is 162 Å². The third-order valence-corrected chi connectivity index (χ3v) is 3.88. The first-order valence-corrected chi connectivity index (χ1v) is 9.58. The van der Waals surface area contributed by atoms with Crippen LogP contribution in [0.1, 0.15) is 45.4 Å². The first-order valence-electron chi connectivity index (χ1n) is 9.58. The second-order valence-electron chi connectivity index (χ2n) is 6.54. The van der Waals surface area contributed by atoms with Crippen LogP contribution in [0, 0.1) is 5.92 Å². The van der Waals surface area contributed by atoms with Crippen molar-refractivity contribution >= 4 is 17.6 Å². The quantitative estimate of drug-likeness (QED) is 0.341. The Balaban J connectivity index is 3.57. The van der Waals surface area contributed by atoms with Gasteiger partial charge in [0.2, 0.25) is 11.8 Å². The highest BCUT2D eigenvalue weighted by molar-refractivity contribution is 5.80. The first-order chi connectivity index (χ1) is 13.0. The minimum Gasteiger partial charge on any atom is -0.385 e. The van der Waals surface area contributed by atoms with E-state index in [2.05, 4.69) is 10.6 Å². The zero-order valence-electron chi connectivity index (χ0n) is 17.0. The number of ether oxygens (including phenoxy) is 3. The molecule has 0 spiro atoms. The third-order valence-electron chi connectivity index (χ3n) is 3.88. The van der Waals surface area contributed by atoms with Crippen LogP contribution in [0.5, 0.6) is 0 Å². The van der Waals surface area contributed by atoms with E-state index in [1.807, 2.05) is 0 Å². The molecule has 0 saturated carbocycles.